The Hall–Kier alpha value is -2.82. The van der Waals surface area contributed by atoms with Gasteiger partial charge in [0, 0.05) is 5.56 Å². The zero-order valence-corrected chi connectivity index (χ0v) is 18.2. The van der Waals surface area contributed by atoms with E-state index >= 15 is 0 Å². The molecule has 0 bridgehead atoms. The third kappa shape index (κ3) is 9.12. The molecule has 30 heavy (non-hydrogen) atoms. The summed E-state index contributed by atoms with van der Waals surface area (Å²) < 4.78 is 10.9. The van der Waals surface area contributed by atoms with Gasteiger partial charge in [0.2, 0.25) is 0 Å². The Bertz CT molecular complexity index is 772. The highest BCUT2D eigenvalue weighted by Crippen LogP contribution is 2.14. The SMILES string of the molecule is CCCCCCCCCCOc1ccc(C(=O)NN=Cc2cccc(OC)c2)cc1. The van der Waals surface area contributed by atoms with Gasteiger partial charge < -0.3 is 9.47 Å². The number of carbonyl (C=O) groups excluding carboxylic acids is 1. The minimum absolute atomic E-state index is 0.260. The normalized spacial score (nSPS) is 10.9. The number of amides is 1. The third-order valence-corrected chi connectivity index (χ3v) is 4.86. The van der Waals surface area contributed by atoms with E-state index in [0.29, 0.717) is 12.2 Å². The zero-order chi connectivity index (χ0) is 21.4. The predicted octanol–water partition coefficient (Wildman–Crippen LogP) is 5.98. The van der Waals surface area contributed by atoms with E-state index in [1.165, 1.54) is 44.9 Å². The molecule has 162 valence electrons. The summed E-state index contributed by atoms with van der Waals surface area (Å²) in [5, 5.41) is 4.01. The summed E-state index contributed by atoms with van der Waals surface area (Å²) in [6.07, 6.45) is 11.8. The van der Waals surface area contributed by atoms with Crippen LogP contribution in [0, 0.1) is 0 Å². The number of unbranched alkanes of at least 4 members (excludes halogenated alkanes) is 7. The van der Waals surface area contributed by atoms with E-state index in [-0.39, 0.29) is 5.91 Å². The highest BCUT2D eigenvalue weighted by atomic mass is 16.5. The summed E-state index contributed by atoms with van der Waals surface area (Å²) in [6.45, 7) is 2.96. The van der Waals surface area contributed by atoms with Crippen LogP contribution in [0.4, 0.5) is 0 Å². The summed E-state index contributed by atoms with van der Waals surface area (Å²) >= 11 is 0. The lowest BCUT2D eigenvalue weighted by molar-refractivity contribution is 0.0955. The Morgan fingerprint density at radius 1 is 0.933 bits per heavy atom. The lowest BCUT2D eigenvalue weighted by atomic mass is 10.1. The van der Waals surface area contributed by atoms with Crippen molar-refractivity contribution >= 4 is 12.1 Å². The summed E-state index contributed by atoms with van der Waals surface area (Å²) in [7, 11) is 1.61. The Morgan fingerprint density at radius 2 is 1.63 bits per heavy atom. The third-order valence-electron chi connectivity index (χ3n) is 4.86. The number of carbonyl (C=O) groups is 1. The highest BCUT2D eigenvalue weighted by Gasteiger charge is 2.04. The number of nitrogens with zero attached hydrogens (tertiary/aromatic N) is 1. The van der Waals surface area contributed by atoms with E-state index < -0.39 is 0 Å². The van der Waals surface area contributed by atoms with E-state index in [0.717, 1.165) is 23.5 Å². The van der Waals surface area contributed by atoms with Gasteiger partial charge in [-0.2, -0.15) is 5.10 Å². The predicted molar refractivity (Wildman–Crippen MR) is 123 cm³/mol. The van der Waals surface area contributed by atoms with Crippen LogP contribution in [0.3, 0.4) is 0 Å². The largest absolute Gasteiger partial charge is 0.497 e. The highest BCUT2D eigenvalue weighted by molar-refractivity contribution is 5.95. The molecule has 0 aliphatic rings. The first-order chi connectivity index (χ1) is 14.7. The molecule has 5 heteroatoms. The monoisotopic (exact) mass is 410 g/mol. The quantitative estimate of drug-likeness (QED) is 0.237. The van der Waals surface area contributed by atoms with Gasteiger partial charge >= 0.3 is 0 Å². The smallest absolute Gasteiger partial charge is 0.271 e. The van der Waals surface area contributed by atoms with Gasteiger partial charge in [-0.05, 0) is 48.4 Å². The topological polar surface area (TPSA) is 59.9 Å². The summed E-state index contributed by atoms with van der Waals surface area (Å²) in [6, 6.07) is 14.6. The van der Waals surface area contributed by atoms with E-state index in [2.05, 4.69) is 17.5 Å². The molecule has 0 unspecified atom stereocenters. The van der Waals surface area contributed by atoms with Crippen molar-refractivity contribution in [2.75, 3.05) is 13.7 Å². The first kappa shape index (κ1) is 23.5. The molecule has 0 radical (unpaired) electrons. The lowest BCUT2D eigenvalue weighted by Crippen LogP contribution is -2.17. The number of rotatable bonds is 14. The van der Waals surface area contributed by atoms with Gasteiger partial charge in [0.05, 0.1) is 19.9 Å². The average Bonchev–Trinajstić information content (AvgIpc) is 2.78. The Labute approximate surface area is 180 Å². The molecule has 2 rings (SSSR count). The Balaban J connectivity index is 1.65. The molecular weight excluding hydrogens is 376 g/mol. The van der Waals surface area contributed by atoms with Gasteiger partial charge in [0.25, 0.3) is 5.91 Å². The summed E-state index contributed by atoms with van der Waals surface area (Å²) in [5.74, 6) is 1.27. The fourth-order valence-corrected chi connectivity index (χ4v) is 3.08. The minimum atomic E-state index is -0.260. The maximum atomic E-state index is 12.2. The molecule has 0 spiro atoms. The van der Waals surface area contributed by atoms with Crippen molar-refractivity contribution in [2.24, 2.45) is 5.10 Å². The minimum Gasteiger partial charge on any atom is -0.497 e. The van der Waals surface area contributed by atoms with Gasteiger partial charge in [0.15, 0.2) is 0 Å². The number of ether oxygens (including phenoxy) is 2. The molecule has 0 saturated carbocycles. The zero-order valence-electron chi connectivity index (χ0n) is 18.2. The molecule has 1 amide bonds. The number of hydrazone groups is 1. The fourth-order valence-electron chi connectivity index (χ4n) is 3.08. The number of benzene rings is 2. The van der Waals surface area contributed by atoms with E-state index in [9.17, 15) is 4.79 Å². The van der Waals surface area contributed by atoms with Crippen molar-refractivity contribution < 1.29 is 14.3 Å². The van der Waals surface area contributed by atoms with Gasteiger partial charge in [0.1, 0.15) is 11.5 Å². The molecule has 2 aromatic rings. The molecule has 0 saturated heterocycles. The van der Waals surface area contributed by atoms with E-state index in [1.54, 1.807) is 25.5 Å². The average molecular weight is 411 g/mol. The molecular formula is C25H34N2O3. The fraction of sp³-hybridized carbons (Fsp3) is 0.440. The molecule has 2 aromatic carbocycles. The standard InChI is InChI=1S/C25H34N2O3/c1-3-4-5-6-7-8-9-10-18-30-23-16-14-22(15-17-23)25(28)27-26-20-21-12-11-13-24(19-21)29-2/h11-17,19-20H,3-10,18H2,1-2H3,(H,27,28). The van der Waals surface area contributed by atoms with E-state index in [1.807, 2.05) is 36.4 Å². The Morgan fingerprint density at radius 3 is 2.33 bits per heavy atom. The van der Waals surface area contributed by atoms with Crippen LogP contribution >= 0.6 is 0 Å². The van der Waals surface area contributed by atoms with Crippen LogP contribution in [0.15, 0.2) is 53.6 Å². The van der Waals surface area contributed by atoms with Crippen LogP contribution in [0.25, 0.3) is 0 Å². The van der Waals surface area contributed by atoms with Crippen LogP contribution < -0.4 is 14.9 Å². The first-order valence-corrected chi connectivity index (χ1v) is 10.9. The van der Waals surface area contributed by atoms with Crippen LogP contribution in [0.1, 0.15) is 74.2 Å². The van der Waals surface area contributed by atoms with Gasteiger partial charge in [-0.15, -0.1) is 0 Å². The Kier molecular flexibility index (Phi) is 11.1. The van der Waals surface area contributed by atoms with Crippen molar-refractivity contribution in [3.63, 3.8) is 0 Å². The van der Waals surface area contributed by atoms with Crippen molar-refractivity contribution in [1.82, 2.24) is 5.43 Å². The second-order valence-corrected chi connectivity index (χ2v) is 7.32. The van der Waals surface area contributed by atoms with Gasteiger partial charge in [-0.1, -0.05) is 64.0 Å². The van der Waals surface area contributed by atoms with Crippen molar-refractivity contribution in [2.45, 2.75) is 58.3 Å². The number of methoxy groups -OCH3 is 1. The molecule has 0 aliphatic carbocycles. The van der Waals surface area contributed by atoms with Crippen molar-refractivity contribution in [3.8, 4) is 11.5 Å². The van der Waals surface area contributed by atoms with Gasteiger partial charge in [-0.3, -0.25) is 4.79 Å². The number of hydrogen-bond donors (Lipinski definition) is 1. The number of hydrogen-bond acceptors (Lipinski definition) is 4. The maximum absolute atomic E-state index is 12.2. The first-order valence-electron chi connectivity index (χ1n) is 10.9. The second kappa shape index (κ2) is 14.2. The molecule has 1 N–H and O–H groups in total. The molecule has 5 nitrogen and oxygen atoms in total. The molecule has 0 aromatic heterocycles. The van der Waals surface area contributed by atoms with Crippen LogP contribution in [-0.4, -0.2) is 25.8 Å². The molecule has 0 atom stereocenters. The molecule has 0 heterocycles. The van der Waals surface area contributed by atoms with Crippen molar-refractivity contribution in [1.29, 1.82) is 0 Å². The summed E-state index contributed by atoms with van der Waals surface area (Å²) in [4.78, 5) is 12.2. The van der Waals surface area contributed by atoms with Crippen LogP contribution in [-0.2, 0) is 0 Å². The van der Waals surface area contributed by atoms with Crippen LogP contribution in [0.5, 0.6) is 11.5 Å². The number of nitrogens with one attached hydrogen (secondary N) is 1. The van der Waals surface area contributed by atoms with Crippen LogP contribution in [0.2, 0.25) is 0 Å². The molecule has 0 fully saturated rings. The lowest BCUT2D eigenvalue weighted by Gasteiger charge is -2.07. The van der Waals surface area contributed by atoms with Crippen molar-refractivity contribution in [3.05, 3.63) is 59.7 Å². The van der Waals surface area contributed by atoms with E-state index in [4.69, 9.17) is 9.47 Å². The maximum Gasteiger partial charge on any atom is 0.271 e. The summed E-state index contributed by atoms with van der Waals surface area (Å²) in [5.41, 5.74) is 3.92. The second-order valence-electron chi connectivity index (χ2n) is 7.32. The molecule has 0 aliphatic heterocycles. The van der Waals surface area contributed by atoms with Gasteiger partial charge in [-0.25, -0.2) is 5.43 Å².